The summed E-state index contributed by atoms with van der Waals surface area (Å²) in [6, 6.07) is 6.27. The fourth-order valence-electron chi connectivity index (χ4n) is 3.91. The monoisotopic (exact) mass is 316 g/mol. The Balaban J connectivity index is 1.91. The van der Waals surface area contributed by atoms with E-state index >= 15 is 0 Å². The lowest BCUT2D eigenvalue weighted by Crippen LogP contribution is -2.29. The van der Waals surface area contributed by atoms with Crippen LogP contribution in [0.1, 0.15) is 65.9 Å². The average molecular weight is 316 g/mol. The van der Waals surface area contributed by atoms with Gasteiger partial charge in [-0.2, -0.15) is 0 Å². The van der Waals surface area contributed by atoms with Crippen LogP contribution in [0.25, 0.3) is 0 Å². The second kappa shape index (κ2) is 7.93. The van der Waals surface area contributed by atoms with Crippen LogP contribution in [0.15, 0.2) is 18.2 Å². The molecular weight excluding hydrogens is 288 g/mol. The maximum atomic E-state index is 12.1. The van der Waals surface area contributed by atoms with Gasteiger partial charge in [0.15, 0.2) is 0 Å². The minimum Gasteiger partial charge on any atom is -0.462 e. The molecule has 3 rings (SSSR count). The molecular formula is C19H28N2O2. The molecule has 0 spiro atoms. The van der Waals surface area contributed by atoms with Gasteiger partial charge in [0.1, 0.15) is 0 Å². The van der Waals surface area contributed by atoms with Crippen LogP contribution in [0.5, 0.6) is 0 Å². The third-order valence-electron chi connectivity index (χ3n) is 5.16. The molecule has 0 radical (unpaired) electrons. The van der Waals surface area contributed by atoms with Crippen LogP contribution in [0.2, 0.25) is 0 Å². The van der Waals surface area contributed by atoms with Crippen molar-refractivity contribution in [1.82, 2.24) is 10.6 Å². The van der Waals surface area contributed by atoms with Crippen molar-refractivity contribution in [3.05, 3.63) is 34.9 Å². The SMILES string of the molecule is CCOC(=O)c1ccc(C2CCNCC2)c(C2CCNCC2)c1. The first kappa shape index (κ1) is 16.5. The van der Waals surface area contributed by atoms with Crippen LogP contribution in [-0.2, 0) is 4.74 Å². The van der Waals surface area contributed by atoms with Crippen LogP contribution >= 0.6 is 0 Å². The third kappa shape index (κ3) is 3.93. The lowest BCUT2D eigenvalue weighted by molar-refractivity contribution is 0.0526. The zero-order chi connectivity index (χ0) is 16.1. The van der Waals surface area contributed by atoms with E-state index in [-0.39, 0.29) is 5.97 Å². The van der Waals surface area contributed by atoms with E-state index < -0.39 is 0 Å². The van der Waals surface area contributed by atoms with Gasteiger partial charge in [0.2, 0.25) is 0 Å². The Hall–Kier alpha value is -1.39. The topological polar surface area (TPSA) is 50.4 Å². The fraction of sp³-hybridized carbons (Fsp3) is 0.632. The molecule has 4 nitrogen and oxygen atoms in total. The highest BCUT2D eigenvalue weighted by Crippen LogP contribution is 2.36. The first-order chi connectivity index (χ1) is 11.3. The van der Waals surface area contributed by atoms with Gasteiger partial charge in [0.05, 0.1) is 12.2 Å². The van der Waals surface area contributed by atoms with Crippen LogP contribution in [0.4, 0.5) is 0 Å². The molecule has 2 fully saturated rings. The number of hydrogen-bond acceptors (Lipinski definition) is 4. The zero-order valence-electron chi connectivity index (χ0n) is 14.1. The van der Waals surface area contributed by atoms with Crippen molar-refractivity contribution in [2.75, 3.05) is 32.8 Å². The van der Waals surface area contributed by atoms with Crippen molar-refractivity contribution < 1.29 is 9.53 Å². The van der Waals surface area contributed by atoms with E-state index in [1.807, 2.05) is 13.0 Å². The summed E-state index contributed by atoms with van der Waals surface area (Å²) in [5.74, 6) is 0.993. The van der Waals surface area contributed by atoms with Crippen molar-refractivity contribution in [3.8, 4) is 0 Å². The summed E-state index contributed by atoms with van der Waals surface area (Å²) in [4.78, 5) is 12.1. The summed E-state index contributed by atoms with van der Waals surface area (Å²) in [5, 5.41) is 6.89. The minimum atomic E-state index is -0.195. The second-order valence-corrected chi connectivity index (χ2v) is 6.61. The molecule has 2 aliphatic heterocycles. The molecule has 2 N–H and O–H groups in total. The van der Waals surface area contributed by atoms with E-state index in [2.05, 4.69) is 22.8 Å². The van der Waals surface area contributed by atoms with Crippen LogP contribution < -0.4 is 10.6 Å². The lowest BCUT2D eigenvalue weighted by atomic mass is 9.79. The van der Waals surface area contributed by atoms with Gasteiger partial charge in [-0.15, -0.1) is 0 Å². The average Bonchev–Trinajstić information content (AvgIpc) is 2.63. The lowest BCUT2D eigenvalue weighted by Gasteiger charge is -2.30. The highest BCUT2D eigenvalue weighted by Gasteiger charge is 2.25. The molecule has 0 atom stereocenters. The normalized spacial score (nSPS) is 20.4. The fourth-order valence-corrected chi connectivity index (χ4v) is 3.91. The van der Waals surface area contributed by atoms with Crippen molar-refractivity contribution in [1.29, 1.82) is 0 Å². The van der Waals surface area contributed by atoms with E-state index in [0.717, 1.165) is 39.0 Å². The molecule has 2 aliphatic rings. The highest BCUT2D eigenvalue weighted by molar-refractivity contribution is 5.89. The van der Waals surface area contributed by atoms with Crippen molar-refractivity contribution >= 4 is 5.97 Å². The first-order valence-electron chi connectivity index (χ1n) is 9.02. The number of piperidine rings is 2. The van der Waals surface area contributed by atoms with Gasteiger partial charge in [-0.3, -0.25) is 0 Å². The molecule has 0 bridgehead atoms. The van der Waals surface area contributed by atoms with Gasteiger partial charge < -0.3 is 15.4 Å². The Morgan fingerprint density at radius 1 is 1.00 bits per heavy atom. The number of benzene rings is 1. The third-order valence-corrected chi connectivity index (χ3v) is 5.16. The van der Waals surface area contributed by atoms with Crippen LogP contribution in [-0.4, -0.2) is 38.8 Å². The predicted molar refractivity (Wildman–Crippen MR) is 92.1 cm³/mol. The molecule has 1 aromatic carbocycles. The number of hydrogen-bond donors (Lipinski definition) is 2. The number of nitrogens with one attached hydrogen (secondary N) is 2. The number of rotatable bonds is 4. The van der Waals surface area contributed by atoms with E-state index in [0.29, 0.717) is 24.0 Å². The van der Waals surface area contributed by atoms with Crippen molar-refractivity contribution in [3.63, 3.8) is 0 Å². The Morgan fingerprint density at radius 3 is 2.13 bits per heavy atom. The molecule has 126 valence electrons. The standard InChI is InChI=1S/C19H28N2O2/c1-2-23-19(22)16-3-4-17(14-5-9-20-10-6-14)18(13-16)15-7-11-21-12-8-15/h3-4,13-15,20-21H,2,5-12H2,1H3. The molecule has 0 aromatic heterocycles. The predicted octanol–water partition coefficient (Wildman–Crippen LogP) is 2.80. The summed E-state index contributed by atoms with van der Waals surface area (Å²) >= 11 is 0. The molecule has 4 heteroatoms. The second-order valence-electron chi connectivity index (χ2n) is 6.61. The van der Waals surface area contributed by atoms with Crippen molar-refractivity contribution in [2.45, 2.75) is 44.4 Å². The van der Waals surface area contributed by atoms with Crippen LogP contribution in [0.3, 0.4) is 0 Å². The van der Waals surface area contributed by atoms with Gasteiger partial charge in [-0.05, 0) is 93.9 Å². The van der Waals surface area contributed by atoms with Gasteiger partial charge in [0.25, 0.3) is 0 Å². The largest absolute Gasteiger partial charge is 0.462 e. The summed E-state index contributed by atoms with van der Waals surface area (Å²) in [5.41, 5.74) is 3.56. The quantitative estimate of drug-likeness (QED) is 0.839. The number of esters is 1. The van der Waals surface area contributed by atoms with Crippen LogP contribution in [0, 0.1) is 0 Å². The molecule has 0 aliphatic carbocycles. The molecule has 23 heavy (non-hydrogen) atoms. The molecule has 0 unspecified atom stereocenters. The summed E-state index contributed by atoms with van der Waals surface area (Å²) in [6.07, 6.45) is 4.70. The summed E-state index contributed by atoms with van der Waals surface area (Å²) in [6.45, 7) is 6.61. The maximum absolute atomic E-state index is 12.1. The number of ether oxygens (including phenoxy) is 1. The number of carbonyl (C=O) groups is 1. The molecule has 2 saturated heterocycles. The van der Waals surface area contributed by atoms with Gasteiger partial charge in [-0.25, -0.2) is 4.79 Å². The molecule has 2 heterocycles. The highest BCUT2D eigenvalue weighted by atomic mass is 16.5. The molecule has 0 amide bonds. The van der Waals surface area contributed by atoms with Crippen molar-refractivity contribution in [2.24, 2.45) is 0 Å². The van der Waals surface area contributed by atoms with E-state index in [9.17, 15) is 4.79 Å². The van der Waals surface area contributed by atoms with Gasteiger partial charge in [-0.1, -0.05) is 6.07 Å². The molecule has 1 aromatic rings. The zero-order valence-corrected chi connectivity index (χ0v) is 14.1. The Bertz CT molecular complexity index is 532. The van der Waals surface area contributed by atoms with E-state index in [1.54, 1.807) is 0 Å². The molecule has 0 saturated carbocycles. The van der Waals surface area contributed by atoms with E-state index in [4.69, 9.17) is 4.74 Å². The smallest absolute Gasteiger partial charge is 0.338 e. The number of carbonyl (C=O) groups excluding carboxylic acids is 1. The Morgan fingerprint density at radius 2 is 1.57 bits per heavy atom. The Labute approximate surface area is 139 Å². The van der Waals surface area contributed by atoms with E-state index in [1.165, 1.54) is 24.0 Å². The minimum absolute atomic E-state index is 0.195. The first-order valence-corrected chi connectivity index (χ1v) is 9.02. The maximum Gasteiger partial charge on any atom is 0.338 e. The summed E-state index contributed by atoms with van der Waals surface area (Å²) < 4.78 is 5.19. The van der Waals surface area contributed by atoms with Gasteiger partial charge in [0, 0.05) is 0 Å². The Kier molecular flexibility index (Phi) is 5.68. The van der Waals surface area contributed by atoms with Gasteiger partial charge >= 0.3 is 5.97 Å². The summed E-state index contributed by atoms with van der Waals surface area (Å²) in [7, 11) is 0.